The van der Waals surface area contributed by atoms with Crippen LogP contribution in [0.3, 0.4) is 0 Å². The summed E-state index contributed by atoms with van der Waals surface area (Å²) in [6.45, 7) is 0. The number of rotatable bonds is 1. The number of halogens is 1. The van der Waals surface area contributed by atoms with Crippen molar-refractivity contribution in [2.45, 2.75) is 12.3 Å². The third-order valence-electron chi connectivity index (χ3n) is 2.19. The predicted molar refractivity (Wildman–Crippen MR) is 52.0 cm³/mol. The molecule has 0 aromatic heterocycles. The summed E-state index contributed by atoms with van der Waals surface area (Å²) in [5.74, 6) is 0.0920. The van der Waals surface area contributed by atoms with Crippen molar-refractivity contribution in [2.75, 3.05) is 0 Å². The number of hydrogen-bond donors (Lipinski definition) is 0. The highest BCUT2D eigenvalue weighted by Crippen LogP contribution is 2.22. The number of allylic oxidation sites excluding steroid dienone is 4. The number of benzene rings is 1. The summed E-state index contributed by atoms with van der Waals surface area (Å²) in [5.41, 5.74) is 1.02. The second-order valence-electron chi connectivity index (χ2n) is 3.17. The molecule has 0 radical (unpaired) electrons. The molecule has 1 aromatic rings. The molecule has 0 saturated heterocycles. The zero-order valence-electron chi connectivity index (χ0n) is 7.28. The first-order valence-electron chi connectivity index (χ1n) is 4.45. The van der Waals surface area contributed by atoms with Gasteiger partial charge in [-0.05, 0) is 24.1 Å². The summed E-state index contributed by atoms with van der Waals surface area (Å²) in [7, 11) is 0. The highest BCUT2D eigenvalue weighted by molar-refractivity contribution is 5.31. The van der Waals surface area contributed by atoms with E-state index in [-0.39, 0.29) is 11.7 Å². The maximum Gasteiger partial charge on any atom is 0.123 e. The Morgan fingerprint density at radius 3 is 2.62 bits per heavy atom. The first kappa shape index (κ1) is 8.24. The fourth-order valence-electron chi connectivity index (χ4n) is 1.53. The van der Waals surface area contributed by atoms with Crippen LogP contribution in [-0.4, -0.2) is 0 Å². The Morgan fingerprint density at radius 1 is 1.15 bits per heavy atom. The van der Waals surface area contributed by atoms with Gasteiger partial charge in [0.05, 0.1) is 0 Å². The van der Waals surface area contributed by atoms with Crippen molar-refractivity contribution in [1.29, 1.82) is 0 Å². The van der Waals surface area contributed by atoms with Crippen molar-refractivity contribution in [3.05, 3.63) is 60.0 Å². The van der Waals surface area contributed by atoms with Crippen LogP contribution in [0, 0.1) is 5.82 Å². The van der Waals surface area contributed by atoms with Crippen LogP contribution in [-0.2, 0) is 0 Å². The molecule has 0 N–H and O–H groups in total. The van der Waals surface area contributed by atoms with Gasteiger partial charge in [0.2, 0.25) is 0 Å². The quantitative estimate of drug-likeness (QED) is 0.572. The van der Waals surface area contributed by atoms with E-state index < -0.39 is 0 Å². The smallest absolute Gasteiger partial charge is 0.123 e. The van der Waals surface area contributed by atoms with E-state index in [1.54, 1.807) is 12.1 Å². The van der Waals surface area contributed by atoms with E-state index in [4.69, 9.17) is 0 Å². The third kappa shape index (κ3) is 1.86. The van der Waals surface area contributed by atoms with Gasteiger partial charge in [-0.1, -0.05) is 36.4 Å². The second kappa shape index (κ2) is 3.56. The molecule has 1 aromatic carbocycles. The average molecular weight is 174 g/mol. The standard InChI is InChI=1S/C12H11F/c13-12-8-4-7-11(9-12)10-5-2-1-3-6-10/h2-10H,1H2. The maximum absolute atomic E-state index is 12.9. The predicted octanol–water partition coefficient (Wildman–Crippen LogP) is 3.43. The van der Waals surface area contributed by atoms with E-state index in [2.05, 4.69) is 24.3 Å². The molecule has 0 amide bonds. The van der Waals surface area contributed by atoms with Crippen LogP contribution in [0.25, 0.3) is 0 Å². The maximum atomic E-state index is 12.9. The Balaban J connectivity index is 2.29. The molecule has 0 nitrogen and oxygen atoms in total. The lowest BCUT2D eigenvalue weighted by Gasteiger charge is -2.10. The Morgan fingerprint density at radius 2 is 1.92 bits per heavy atom. The van der Waals surface area contributed by atoms with E-state index >= 15 is 0 Å². The first-order valence-corrected chi connectivity index (χ1v) is 4.45. The van der Waals surface area contributed by atoms with E-state index in [9.17, 15) is 4.39 Å². The lowest BCUT2D eigenvalue weighted by atomic mass is 9.95. The Bertz CT molecular complexity index is 338. The molecule has 1 heteroatoms. The lowest BCUT2D eigenvalue weighted by Crippen LogP contribution is -1.94. The first-order chi connectivity index (χ1) is 6.36. The van der Waals surface area contributed by atoms with Crippen LogP contribution in [0.2, 0.25) is 0 Å². The van der Waals surface area contributed by atoms with Crippen molar-refractivity contribution < 1.29 is 4.39 Å². The largest absolute Gasteiger partial charge is 0.207 e. The topological polar surface area (TPSA) is 0 Å². The minimum atomic E-state index is -0.162. The van der Waals surface area contributed by atoms with Gasteiger partial charge in [-0.15, -0.1) is 0 Å². The molecule has 0 heterocycles. The van der Waals surface area contributed by atoms with Gasteiger partial charge in [-0.3, -0.25) is 0 Å². The summed E-state index contributed by atoms with van der Waals surface area (Å²) in [4.78, 5) is 0. The monoisotopic (exact) mass is 174 g/mol. The van der Waals surface area contributed by atoms with Crippen molar-refractivity contribution in [3.63, 3.8) is 0 Å². The molecule has 1 aliphatic rings. The van der Waals surface area contributed by atoms with Crippen LogP contribution in [0.5, 0.6) is 0 Å². The van der Waals surface area contributed by atoms with Gasteiger partial charge in [0.1, 0.15) is 5.82 Å². The molecule has 0 saturated carbocycles. The highest BCUT2D eigenvalue weighted by Gasteiger charge is 2.06. The average Bonchev–Trinajstić information content (AvgIpc) is 2.19. The lowest BCUT2D eigenvalue weighted by molar-refractivity contribution is 0.625. The zero-order valence-corrected chi connectivity index (χ0v) is 7.28. The fraction of sp³-hybridized carbons (Fsp3) is 0.167. The molecule has 0 bridgehead atoms. The molecular weight excluding hydrogens is 163 g/mol. The van der Waals surface area contributed by atoms with Crippen LogP contribution in [0.15, 0.2) is 48.6 Å². The highest BCUT2D eigenvalue weighted by atomic mass is 19.1. The van der Waals surface area contributed by atoms with Gasteiger partial charge >= 0.3 is 0 Å². The van der Waals surface area contributed by atoms with Gasteiger partial charge in [-0.2, -0.15) is 0 Å². The Hall–Kier alpha value is -1.37. The minimum Gasteiger partial charge on any atom is -0.207 e. The summed E-state index contributed by atoms with van der Waals surface area (Å²) in [5, 5.41) is 0. The second-order valence-corrected chi connectivity index (χ2v) is 3.17. The van der Waals surface area contributed by atoms with E-state index in [0.717, 1.165) is 12.0 Å². The molecule has 13 heavy (non-hydrogen) atoms. The van der Waals surface area contributed by atoms with Crippen LogP contribution in [0.1, 0.15) is 17.9 Å². The summed E-state index contributed by atoms with van der Waals surface area (Å²) in [6.07, 6.45) is 9.42. The molecule has 0 atom stereocenters. The molecule has 66 valence electrons. The number of hydrogen-bond acceptors (Lipinski definition) is 0. The molecular formula is C12H11F. The molecule has 0 unspecified atom stereocenters. The minimum absolute atomic E-state index is 0.162. The van der Waals surface area contributed by atoms with Crippen LogP contribution in [0.4, 0.5) is 4.39 Å². The van der Waals surface area contributed by atoms with Gasteiger partial charge in [-0.25, -0.2) is 4.39 Å². The fourth-order valence-corrected chi connectivity index (χ4v) is 1.53. The van der Waals surface area contributed by atoms with Gasteiger partial charge in [0.15, 0.2) is 0 Å². The normalized spacial score (nSPS) is 16.4. The van der Waals surface area contributed by atoms with E-state index in [1.807, 2.05) is 6.07 Å². The molecule has 1 aliphatic carbocycles. The Labute approximate surface area is 77.4 Å². The molecule has 0 aliphatic heterocycles. The van der Waals surface area contributed by atoms with Gasteiger partial charge in [0, 0.05) is 5.92 Å². The van der Waals surface area contributed by atoms with Crippen molar-refractivity contribution in [1.82, 2.24) is 0 Å². The summed E-state index contributed by atoms with van der Waals surface area (Å²) in [6, 6.07) is 6.76. The molecule has 2 rings (SSSR count). The van der Waals surface area contributed by atoms with E-state index in [0.29, 0.717) is 0 Å². The van der Waals surface area contributed by atoms with Crippen molar-refractivity contribution in [3.8, 4) is 0 Å². The molecule has 0 fully saturated rings. The van der Waals surface area contributed by atoms with Crippen LogP contribution >= 0.6 is 0 Å². The zero-order chi connectivity index (χ0) is 9.10. The summed E-state index contributed by atoms with van der Waals surface area (Å²) < 4.78 is 12.9. The van der Waals surface area contributed by atoms with E-state index in [1.165, 1.54) is 6.07 Å². The summed E-state index contributed by atoms with van der Waals surface area (Å²) >= 11 is 0. The third-order valence-corrected chi connectivity index (χ3v) is 2.19. The Kier molecular flexibility index (Phi) is 2.26. The van der Waals surface area contributed by atoms with Gasteiger partial charge < -0.3 is 0 Å². The van der Waals surface area contributed by atoms with Crippen molar-refractivity contribution in [2.24, 2.45) is 0 Å². The molecule has 0 spiro atoms. The van der Waals surface area contributed by atoms with Crippen LogP contribution < -0.4 is 0 Å². The van der Waals surface area contributed by atoms with Gasteiger partial charge in [0.25, 0.3) is 0 Å². The van der Waals surface area contributed by atoms with Crippen molar-refractivity contribution >= 4 is 0 Å². The SMILES string of the molecule is Fc1cccc(C2C=CCC=C2)c1.